The van der Waals surface area contributed by atoms with Gasteiger partial charge in [-0.25, -0.2) is 0 Å². The SMILES string of the molecule is CC(CCS(=O)(=O)O)NC1CCCCCC1. The standard InChI is InChI=1S/C11H23NO3S/c1-10(8-9-16(13,14)15)12-11-6-4-2-3-5-7-11/h10-12H,2-9H2,1H3,(H,13,14,15). The molecule has 2 N–H and O–H groups in total. The van der Waals surface area contributed by atoms with Crippen molar-refractivity contribution >= 4 is 10.1 Å². The van der Waals surface area contributed by atoms with E-state index >= 15 is 0 Å². The Bertz CT molecular complexity index is 282. The number of rotatable bonds is 5. The molecule has 0 aromatic heterocycles. The Labute approximate surface area is 98.6 Å². The number of hydrogen-bond acceptors (Lipinski definition) is 3. The molecule has 1 aliphatic carbocycles. The van der Waals surface area contributed by atoms with Crippen LogP contribution in [0.25, 0.3) is 0 Å². The van der Waals surface area contributed by atoms with E-state index in [2.05, 4.69) is 5.32 Å². The molecule has 0 aromatic carbocycles. The molecule has 1 fully saturated rings. The quantitative estimate of drug-likeness (QED) is 0.577. The lowest BCUT2D eigenvalue weighted by Crippen LogP contribution is -2.37. The van der Waals surface area contributed by atoms with Gasteiger partial charge in [-0.3, -0.25) is 4.55 Å². The van der Waals surface area contributed by atoms with Gasteiger partial charge in [0.05, 0.1) is 5.75 Å². The predicted molar refractivity (Wildman–Crippen MR) is 65.1 cm³/mol. The number of hydrogen-bond donors (Lipinski definition) is 2. The highest BCUT2D eigenvalue weighted by atomic mass is 32.2. The lowest BCUT2D eigenvalue weighted by Gasteiger charge is -2.21. The monoisotopic (exact) mass is 249 g/mol. The largest absolute Gasteiger partial charge is 0.311 e. The maximum atomic E-state index is 10.6. The van der Waals surface area contributed by atoms with Gasteiger partial charge >= 0.3 is 0 Å². The lowest BCUT2D eigenvalue weighted by atomic mass is 10.1. The van der Waals surface area contributed by atoms with Crippen LogP contribution in [-0.4, -0.2) is 30.8 Å². The highest BCUT2D eigenvalue weighted by molar-refractivity contribution is 7.85. The molecule has 0 aliphatic heterocycles. The molecule has 0 saturated heterocycles. The summed E-state index contributed by atoms with van der Waals surface area (Å²) < 4.78 is 29.9. The van der Waals surface area contributed by atoms with E-state index in [-0.39, 0.29) is 11.8 Å². The zero-order valence-electron chi connectivity index (χ0n) is 9.98. The van der Waals surface area contributed by atoms with Crippen molar-refractivity contribution in [2.45, 2.75) is 64.0 Å². The number of nitrogens with one attached hydrogen (secondary N) is 1. The van der Waals surface area contributed by atoms with Gasteiger partial charge in [0.2, 0.25) is 0 Å². The molecular weight excluding hydrogens is 226 g/mol. The second-order valence-electron chi connectivity index (χ2n) is 4.83. The second-order valence-corrected chi connectivity index (χ2v) is 6.40. The molecule has 1 aliphatic rings. The first-order valence-corrected chi connectivity index (χ1v) is 7.79. The van der Waals surface area contributed by atoms with Crippen molar-refractivity contribution in [3.05, 3.63) is 0 Å². The fraction of sp³-hybridized carbons (Fsp3) is 1.00. The Morgan fingerprint density at radius 1 is 1.25 bits per heavy atom. The van der Waals surface area contributed by atoms with Gasteiger partial charge in [0.1, 0.15) is 0 Å². The average Bonchev–Trinajstić information content (AvgIpc) is 2.42. The van der Waals surface area contributed by atoms with Crippen LogP contribution in [-0.2, 0) is 10.1 Å². The molecule has 0 radical (unpaired) electrons. The second kappa shape index (κ2) is 6.57. The normalized spacial score (nSPS) is 21.6. The molecule has 4 nitrogen and oxygen atoms in total. The van der Waals surface area contributed by atoms with Crippen molar-refractivity contribution in [1.82, 2.24) is 5.32 Å². The van der Waals surface area contributed by atoms with Gasteiger partial charge in [-0.1, -0.05) is 25.7 Å². The van der Waals surface area contributed by atoms with E-state index in [4.69, 9.17) is 4.55 Å². The van der Waals surface area contributed by atoms with Crippen LogP contribution in [0.3, 0.4) is 0 Å². The van der Waals surface area contributed by atoms with Gasteiger partial charge in [0, 0.05) is 12.1 Å². The summed E-state index contributed by atoms with van der Waals surface area (Å²) in [6.07, 6.45) is 8.03. The fourth-order valence-electron chi connectivity index (χ4n) is 2.26. The first-order valence-electron chi connectivity index (χ1n) is 6.18. The highest BCUT2D eigenvalue weighted by Gasteiger charge is 2.15. The van der Waals surface area contributed by atoms with Gasteiger partial charge in [0.15, 0.2) is 0 Å². The van der Waals surface area contributed by atoms with Crippen LogP contribution in [0.5, 0.6) is 0 Å². The molecular formula is C11H23NO3S. The minimum atomic E-state index is -3.81. The Morgan fingerprint density at radius 2 is 1.81 bits per heavy atom. The lowest BCUT2D eigenvalue weighted by molar-refractivity contribution is 0.397. The molecule has 1 rings (SSSR count). The molecule has 1 saturated carbocycles. The molecule has 5 heteroatoms. The maximum absolute atomic E-state index is 10.6. The average molecular weight is 249 g/mol. The fourth-order valence-corrected chi connectivity index (χ4v) is 2.91. The Kier molecular flexibility index (Phi) is 5.72. The molecule has 16 heavy (non-hydrogen) atoms. The van der Waals surface area contributed by atoms with Crippen molar-refractivity contribution in [1.29, 1.82) is 0 Å². The zero-order valence-corrected chi connectivity index (χ0v) is 10.8. The summed E-state index contributed by atoms with van der Waals surface area (Å²) in [5.74, 6) is -0.145. The predicted octanol–water partition coefficient (Wildman–Crippen LogP) is 1.97. The van der Waals surface area contributed by atoms with Crippen molar-refractivity contribution < 1.29 is 13.0 Å². The van der Waals surface area contributed by atoms with Gasteiger partial charge in [-0.2, -0.15) is 8.42 Å². The van der Waals surface area contributed by atoms with Crippen molar-refractivity contribution in [3.8, 4) is 0 Å². The maximum Gasteiger partial charge on any atom is 0.264 e. The van der Waals surface area contributed by atoms with Gasteiger partial charge in [-0.15, -0.1) is 0 Å². The summed E-state index contributed by atoms with van der Waals surface area (Å²) in [6.45, 7) is 1.98. The van der Waals surface area contributed by atoms with Crippen LogP contribution in [0.1, 0.15) is 51.9 Å². The molecule has 0 bridgehead atoms. The summed E-state index contributed by atoms with van der Waals surface area (Å²) >= 11 is 0. The molecule has 0 heterocycles. The molecule has 1 unspecified atom stereocenters. The Balaban J connectivity index is 2.24. The zero-order chi connectivity index (χ0) is 12.0. The van der Waals surface area contributed by atoms with Crippen molar-refractivity contribution in [2.75, 3.05) is 5.75 Å². The van der Waals surface area contributed by atoms with Crippen molar-refractivity contribution in [3.63, 3.8) is 0 Å². The summed E-state index contributed by atoms with van der Waals surface area (Å²) in [5, 5.41) is 3.46. The smallest absolute Gasteiger partial charge is 0.264 e. The Morgan fingerprint density at radius 3 is 2.31 bits per heavy atom. The first-order chi connectivity index (χ1) is 7.47. The van der Waals surface area contributed by atoms with Crippen LogP contribution >= 0.6 is 0 Å². The van der Waals surface area contributed by atoms with E-state index in [1.165, 1.54) is 38.5 Å². The summed E-state index contributed by atoms with van der Waals surface area (Å²) in [4.78, 5) is 0. The van der Waals surface area contributed by atoms with E-state index in [9.17, 15) is 8.42 Å². The van der Waals surface area contributed by atoms with E-state index in [1.54, 1.807) is 0 Å². The third-order valence-electron chi connectivity index (χ3n) is 3.18. The van der Waals surface area contributed by atoms with Gasteiger partial charge in [-0.05, 0) is 26.2 Å². The van der Waals surface area contributed by atoms with Crippen molar-refractivity contribution in [2.24, 2.45) is 0 Å². The van der Waals surface area contributed by atoms with E-state index in [1.807, 2.05) is 6.92 Å². The van der Waals surface area contributed by atoms with Crippen LogP contribution in [0.15, 0.2) is 0 Å². The summed E-state index contributed by atoms with van der Waals surface area (Å²) in [7, 11) is -3.81. The first kappa shape index (κ1) is 13.9. The minimum absolute atomic E-state index is 0.145. The van der Waals surface area contributed by atoms with E-state index in [0.717, 1.165) is 0 Å². The highest BCUT2D eigenvalue weighted by Crippen LogP contribution is 2.17. The third kappa shape index (κ3) is 6.45. The summed E-state index contributed by atoms with van der Waals surface area (Å²) in [5.41, 5.74) is 0. The van der Waals surface area contributed by atoms with Crippen LogP contribution in [0.4, 0.5) is 0 Å². The van der Waals surface area contributed by atoms with E-state index < -0.39 is 10.1 Å². The molecule has 96 valence electrons. The molecule has 0 spiro atoms. The topological polar surface area (TPSA) is 66.4 Å². The van der Waals surface area contributed by atoms with Crippen LogP contribution in [0.2, 0.25) is 0 Å². The van der Waals surface area contributed by atoms with Gasteiger partial charge < -0.3 is 5.32 Å². The van der Waals surface area contributed by atoms with Crippen LogP contribution in [0, 0.1) is 0 Å². The third-order valence-corrected chi connectivity index (χ3v) is 3.94. The molecule has 1 atom stereocenters. The van der Waals surface area contributed by atoms with Crippen LogP contribution < -0.4 is 5.32 Å². The Hall–Kier alpha value is -0.130. The summed E-state index contributed by atoms with van der Waals surface area (Å²) in [6, 6.07) is 0.684. The molecule has 0 aromatic rings. The van der Waals surface area contributed by atoms with E-state index in [0.29, 0.717) is 12.5 Å². The molecule has 0 amide bonds. The van der Waals surface area contributed by atoms with Gasteiger partial charge in [0.25, 0.3) is 10.1 Å². The minimum Gasteiger partial charge on any atom is -0.311 e.